The van der Waals surface area contributed by atoms with Crippen molar-refractivity contribution >= 4 is 11.0 Å². The van der Waals surface area contributed by atoms with Crippen molar-refractivity contribution in [1.82, 2.24) is 9.97 Å². The lowest BCUT2D eigenvalue weighted by molar-refractivity contribution is -0.671. The lowest BCUT2D eigenvalue weighted by atomic mass is 10.2. The van der Waals surface area contributed by atoms with Gasteiger partial charge >= 0.3 is 0 Å². The number of imidazole rings is 1. The van der Waals surface area contributed by atoms with Gasteiger partial charge in [0.05, 0.1) is 11.0 Å². The summed E-state index contributed by atoms with van der Waals surface area (Å²) >= 11 is 0. The van der Waals surface area contributed by atoms with Crippen LogP contribution in [0.3, 0.4) is 0 Å². The van der Waals surface area contributed by atoms with Crippen LogP contribution in [-0.2, 0) is 7.05 Å². The first-order valence-corrected chi connectivity index (χ1v) is 5.64. The number of pyridine rings is 1. The zero-order valence-electron chi connectivity index (χ0n) is 10.3. The van der Waals surface area contributed by atoms with Crippen molar-refractivity contribution in [2.75, 3.05) is 0 Å². The van der Waals surface area contributed by atoms with E-state index in [4.69, 9.17) is 0 Å². The van der Waals surface area contributed by atoms with Crippen LogP contribution in [-0.4, -0.2) is 9.97 Å². The maximum atomic E-state index is 4.59. The summed E-state index contributed by atoms with van der Waals surface area (Å²) in [6.45, 7) is 2.09. The average Bonchev–Trinajstić information content (AvgIpc) is 2.72. The van der Waals surface area contributed by atoms with Crippen molar-refractivity contribution in [2.24, 2.45) is 7.05 Å². The molecule has 18 heavy (non-hydrogen) atoms. The monoisotopic (exact) mass is 351 g/mol. The quantitative estimate of drug-likeness (QED) is 0.460. The SMILES string of the molecule is Cc1ccc2nc(-c3cc[n+](C)cc3)[nH]c2c1.[I-]. The standard InChI is InChI=1S/C14H13N3.HI/c1-10-3-4-12-13(9-10)16-14(15-12)11-5-7-17(2)8-6-11;/h3-9H,1-2H3;1H. The second-order valence-electron chi connectivity index (χ2n) is 4.36. The van der Waals surface area contributed by atoms with Crippen LogP contribution in [0.1, 0.15) is 5.56 Å². The van der Waals surface area contributed by atoms with Crippen molar-refractivity contribution in [1.29, 1.82) is 0 Å². The van der Waals surface area contributed by atoms with Gasteiger partial charge in [-0.05, 0) is 24.6 Å². The molecule has 0 aliphatic heterocycles. The number of halogens is 1. The highest BCUT2D eigenvalue weighted by Crippen LogP contribution is 2.20. The molecule has 1 N–H and O–H groups in total. The van der Waals surface area contributed by atoms with Gasteiger partial charge in [-0.2, -0.15) is 0 Å². The summed E-state index contributed by atoms with van der Waals surface area (Å²) < 4.78 is 2.01. The zero-order chi connectivity index (χ0) is 11.8. The normalized spacial score (nSPS) is 10.3. The van der Waals surface area contributed by atoms with Crippen LogP contribution >= 0.6 is 0 Å². The largest absolute Gasteiger partial charge is 1.00 e. The number of benzene rings is 1. The number of nitrogens with one attached hydrogen (secondary N) is 1. The lowest BCUT2D eigenvalue weighted by Crippen LogP contribution is -3.00. The van der Waals surface area contributed by atoms with Crippen LogP contribution in [0, 0.1) is 6.92 Å². The van der Waals surface area contributed by atoms with E-state index in [9.17, 15) is 0 Å². The van der Waals surface area contributed by atoms with Crippen molar-refractivity contribution in [3.8, 4) is 11.4 Å². The van der Waals surface area contributed by atoms with Gasteiger partial charge in [0.15, 0.2) is 12.4 Å². The number of aromatic nitrogens is 3. The molecule has 2 heterocycles. The van der Waals surface area contributed by atoms with Gasteiger partial charge in [0.2, 0.25) is 0 Å². The Morgan fingerprint density at radius 3 is 2.56 bits per heavy atom. The van der Waals surface area contributed by atoms with Crippen molar-refractivity contribution in [2.45, 2.75) is 6.92 Å². The third-order valence-corrected chi connectivity index (χ3v) is 2.89. The number of hydrogen-bond acceptors (Lipinski definition) is 1. The molecular weight excluding hydrogens is 337 g/mol. The fourth-order valence-corrected chi connectivity index (χ4v) is 1.92. The molecule has 0 atom stereocenters. The summed E-state index contributed by atoms with van der Waals surface area (Å²) in [7, 11) is 2.01. The van der Waals surface area contributed by atoms with E-state index >= 15 is 0 Å². The molecule has 3 nitrogen and oxygen atoms in total. The molecule has 4 heteroatoms. The Morgan fingerprint density at radius 2 is 1.83 bits per heavy atom. The van der Waals surface area contributed by atoms with Crippen LogP contribution in [0.25, 0.3) is 22.4 Å². The first kappa shape index (κ1) is 13.0. The predicted molar refractivity (Wildman–Crippen MR) is 67.4 cm³/mol. The highest BCUT2D eigenvalue weighted by atomic mass is 127. The summed E-state index contributed by atoms with van der Waals surface area (Å²) in [6, 6.07) is 10.4. The van der Waals surface area contributed by atoms with E-state index in [2.05, 4.69) is 41.2 Å². The van der Waals surface area contributed by atoms with E-state index in [0.717, 1.165) is 22.4 Å². The van der Waals surface area contributed by atoms with Gasteiger partial charge in [-0.1, -0.05) is 6.07 Å². The number of hydrogen-bond donors (Lipinski definition) is 1. The van der Waals surface area contributed by atoms with Crippen LogP contribution in [0.4, 0.5) is 0 Å². The number of fused-ring (bicyclic) bond motifs is 1. The average molecular weight is 351 g/mol. The third kappa shape index (κ3) is 2.38. The van der Waals surface area contributed by atoms with E-state index < -0.39 is 0 Å². The molecule has 0 spiro atoms. The Kier molecular flexibility index (Phi) is 3.65. The summed E-state index contributed by atoms with van der Waals surface area (Å²) in [5, 5.41) is 0. The molecule has 0 aliphatic carbocycles. The molecule has 0 aliphatic rings. The van der Waals surface area contributed by atoms with E-state index in [1.807, 2.05) is 30.1 Å². The number of rotatable bonds is 1. The Bertz CT molecular complexity index is 671. The fourth-order valence-electron chi connectivity index (χ4n) is 1.92. The molecule has 0 unspecified atom stereocenters. The van der Waals surface area contributed by atoms with Crippen LogP contribution < -0.4 is 28.5 Å². The van der Waals surface area contributed by atoms with Gasteiger partial charge < -0.3 is 29.0 Å². The Morgan fingerprint density at radius 1 is 1.11 bits per heavy atom. The van der Waals surface area contributed by atoms with Crippen molar-refractivity contribution in [3.63, 3.8) is 0 Å². The summed E-state index contributed by atoms with van der Waals surface area (Å²) in [5.74, 6) is 0.922. The smallest absolute Gasteiger partial charge is 0.169 e. The molecule has 0 bridgehead atoms. The van der Waals surface area contributed by atoms with Crippen molar-refractivity contribution < 1.29 is 28.5 Å². The molecule has 0 saturated heterocycles. The van der Waals surface area contributed by atoms with Gasteiger partial charge in [-0.15, -0.1) is 0 Å². The molecule has 2 aromatic heterocycles. The summed E-state index contributed by atoms with van der Waals surface area (Å²) in [4.78, 5) is 7.94. The molecule has 0 amide bonds. The highest BCUT2D eigenvalue weighted by molar-refractivity contribution is 5.79. The number of aryl methyl sites for hydroxylation is 2. The van der Waals surface area contributed by atoms with Crippen LogP contribution in [0.5, 0.6) is 0 Å². The van der Waals surface area contributed by atoms with Gasteiger partial charge in [0.1, 0.15) is 12.9 Å². The first-order valence-electron chi connectivity index (χ1n) is 5.64. The topological polar surface area (TPSA) is 32.6 Å². The van der Waals surface area contributed by atoms with E-state index in [1.165, 1.54) is 5.56 Å². The van der Waals surface area contributed by atoms with Crippen LogP contribution in [0.2, 0.25) is 0 Å². The molecule has 0 saturated carbocycles. The van der Waals surface area contributed by atoms with E-state index in [1.54, 1.807) is 0 Å². The number of nitrogens with zero attached hydrogens (tertiary/aromatic N) is 2. The minimum Gasteiger partial charge on any atom is -1.00 e. The molecule has 92 valence electrons. The molecule has 0 radical (unpaired) electrons. The molecular formula is C14H14IN3. The van der Waals surface area contributed by atoms with Gasteiger partial charge in [-0.25, -0.2) is 9.55 Å². The number of aromatic amines is 1. The van der Waals surface area contributed by atoms with Gasteiger partial charge in [0.25, 0.3) is 0 Å². The van der Waals surface area contributed by atoms with Crippen molar-refractivity contribution in [3.05, 3.63) is 48.3 Å². The van der Waals surface area contributed by atoms with E-state index in [0.29, 0.717) is 0 Å². The third-order valence-electron chi connectivity index (χ3n) is 2.89. The maximum Gasteiger partial charge on any atom is 0.169 e. The maximum absolute atomic E-state index is 4.59. The second-order valence-corrected chi connectivity index (χ2v) is 4.36. The predicted octanol–water partition coefficient (Wildman–Crippen LogP) is -0.633. The molecule has 3 aromatic rings. The van der Waals surface area contributed by atoms with Gasteiger partial charge in [0, 0.05) is 17.7 Å². The van der Waals surface area contributed by atoms with E-state index in [-0.39, 0.29) is 24.0 Å². The highest BCUT2D eigenvalue weighted by Gasteiger charge is 2.06. The molecule has 3 rings (SSSR count). The first-order chi connectivity index (χ1) is 8.22. The molecule has 0 fully saturated rings. The lowest BCUT2D eigenvalue weighted by Gasteiger charge is -1.93. The Labute approximate surface area is 123 Å². The van der Waals surface area contributed by atoms with Gasteiger partial charge in [-0.3, -0.25) is 0 Å². The molecule has 1 aromatic carbocycles. The second kappa shape index (κ2) is 5.06. The van der Waals surface area contributed by atoms with Crippen LogP contribution in [0.15, 0.2) is 42.7 Å². The minimum atomic E-state index is 0. The minimum absolute atomic E-state index is 0. The summed E-state index contributed by atoms with van der Waals surface area (Å²) in [5.41, 5.74) is 4.45. The fraction of sp³-hybridized carbons (Fsp3) is 0.143. The summed E-state index contributed by atoms with van der Waals surface area (Å²) in [6.07, 6.45) is 4.04. The Balaban J connectivity index is 0.00000120. The zero-order valence-corrected chi connectivity index (χ0v) is 12.5. The number of H-pyrrole nitrogens is 1. The Hall–Kier alpha value is -1.43.